The first-order chi connectivity index (χ1) is 6.11. The van der Waals surface area contributed by atoms with Gasteiger partial charge in [0.1, 0.15) is 6.04 Å². The lowest BCUT2D eigenvalue weighted by atomic mass is 10.1. The molecule has 0 fully saturated rings. The van der Waals surface area contributed by atoms with Gasteiger partial charge < -0.3 is 16.6 Å². The number of carbonyl (C=O) groups is 1. The van der Waals surface area contributed by atoms with Crippen LogP contribution in [0, 0.1) is 0 Å². The standard InChI is InChI=1S/C8H12N2O2S/c9-5(4-6(10)8(11)12)7-2-1-3-13-7/h1-3,5-6H,4,9-10H2,(H,11,12). The maximum atomic E-state index is 10.4. The molecule has 0 radical (unpaired) electrons. The first-order valence-corrected chi connectivity index (χ1v) is 4.76. The summed E-state index contributed by atoms with van der Waals surface area (Å²) in [5.74, 6) is -1.01. The van der Waals surface area contributed by atoms with Crippen molar-refractivity contribution in [3.8, 4) is 0 Å². The minimum Gasteiger partial charge on any atom is -0.480 e. The lowest BCUT2D eigenvalue weighted by Crippen LogP contribution is -2.33. The molecule has 1 aromatic heterocycles. The number of hydrogen-bond acceptors (Lipinski definition) is 4. The largest absolute Gasteiger partial charge is 0.480 e. The molecule has 5 N–H and O–H groups in total. The molecule has 5 heteroatoms. The summed E-state index contributed by atoms with van der Waals surface area (Å²) in [6.07, 6.45) is 0.274. The third kappa shape index (κ3) is 2.80. The zero-order valence-corrected chi connectivity index (χ0v) is 7.83. The molecule has 2 unspecified atom stereocenters. The molecule has 0 bridgehead atoms. The molecule has 0 aliphatic carbocycles. The predicted octanol–water partition coefficient (Wildman–Crippen LogP) is 0.550. The molecule has 13 heavy (non-hydrogen) atoms. The Balaban J connectivity index is 2.51. The van der Waals surface area contributed by atoms with Crippen LogP contribution in [0.3, 0.4) is 0 Å². The van der Waals surface area contributed by atoms with E-state index in [1.54, 1.807) is 0 Å². The van der Waals surface area contributed by atoms with Crippen LogP contribution in [0.25, 0.3) is 0 Å². The molecule has 1 heterocycles. The third-order valence-corrected chi connectivity index (χ3v) is 2.74. The van der Waals surface area contributed by atoms with Gasteiger partial charge in [-0.05, 0) is 17.9 Å². The van der Waals surface area contributed by atoms with Crippen molar-refractivity contribution < 1.29 is 9.90 Å². The highest BCUT2D eigenvalue weighted by atomic mass is 32.1. The van der Waals surface area contributed by atoms with Crippen LogP contribution in [0.5, 0.6) is 0 Å². The number of hydrogen-bond donors (Lipinski definition) is 3. The topological polar surface area (TPSA) is 89.3 Å². The zero-order chi connectivity index (χ0) is 9.84. The maximum absolute atomic E-state index is 10.4. The van der Waals surface area contributed by atoms with Crippen molar-refractivity contribution in [2.75, 3.05) is 0 Å². The molecule has 0 saturated carbocycles. The third-order valence-electron chi connectivity index (χ3n) is 1.73. The summed E-state index contributed by atoms with van der Waals surface area (Å²) < 4.78 is 0. The molecule has 4 nitrogen and oxygen atoms in total. The summed E-state index contributed by atoms with van der Waals surface area (Å²) in [7, 11) is 0. The fourth-order valence-electron chi connectivity index (χ4n) is 0.993. The Kier molecular flexibility index (Phi) is 3.41. The maximum Gasteiger partial charge on any atom is 0.320 e. The van der Waals surface area contributed by atoms with E-state index in [0.29, 0.717) is 0 Å². The number of carboxylic acids is 1. The van der Waals surface area contributed by atoms with Gasteiger partial charge in [0.05, 0.1) is 0 Å². The van der Waals surface area contributed by atoms with E-state index in [2.05, 4.69) is 0 Å². The van der Waals surface area contributed by atoms with E-state index < -0.39 is 12.0 Å². The first kappa shape index (κ1) is 10.2. The molecule has 0 aromatic carbocycles. The van der Waals surface area contributed by atoms with Crippen molar-refractivity contribution in [1.29, 1.82) is 0 Å². The van der Waals surface area contributed by atoms with Crippen LogP contribution in [-0.4, -0.2) is 17.1 Å². The summed E-state index contributed by atoms with van der Waals surface area (Å²) in [5.41, 5.74) is 11.1. The minimum absolute atomic E-state index is 0.272. The first-order valence-electron chi connectivity index (χ1n) is 3.88. The van der Waals surface area contributed by atoms with Crippen LogP contribution < -0.4 is 11.5 Å². The van der Waals surface area contributed by atoms with E-state index in [0.717, 1.165) is 4.88 Å². The Morgan fingerprint density at radius 3 is 2.77 bits per heavy atom. The van der Waals surface area contributed by atoms with E-state index in [-0.39, 0.29) is 12.5 Å². The monoisotopic (exact) mass is 200 g/mol. The van der Waals surface area contributed by atoms with Crippen LogP contribution >= 0.6 is 11.3 Å². The van der Waals surface area contributed by atoms with Crippen molar-refractivity contribution in [3.05, 3.63) is 22.4 Å². The number of nitrogens with two attached hydrogens (primary N) is 2. The zero-order valence-electron chi connectivity index (χ0n) is 7.01. The molecule has 1 aromatic rings. The molecule has 0 aliphatic heterocycles. The molecular weight excluding hydrogens is 188 g/mol. The molecular formula is C8H12N2O2S. The van der Waals surface area contributed by atoms with Gasteiger partial charge in [-0.1, -0.05) is 6.07 Å². The van der Waals surface area contributed by atoms with Crippen LogP contribution in [0.15, 0.2) is 17.5 Å². The van der Waals surface area contributed by atoms with E-state index in [9.17, 15) is 4.79 Å². The molecule has 0 aliphatic rings. The number of carboxylic acid groups (broad SMARTS) is 1. The van der Waals surface area contributed by atoms with E-state index in [1.807, 2.05) is 17.5 Å². The van der Waals surface area contributed by atoms with Crippen molar-refractivity contribution >= 4 is 17.3 Å². The fourth-order valence-corrected chi connectivity index (χ4v) is 1.74. The average molecular weight is 200 g/mol. The number of thiophene rings is 1. The second-order valence-electron chi connectivity index (χ2n) is 2.80. The van der Waals surface area contributed by atoms with E-state index in [4.69, 9.17) is 16.6 Å². The van der Waals surface area contributed by atoms with Crippen molar-refractivity contribution in [2.24, 2.45) is 11.5 Å². The molecule has 0 amide bonds. The van der Waals surface area contributed by atoms with Gasteiger partial charge in [-0.2, -0.15) is 0 Å². The van der Waals surface area contributed by atoms with Gasteiger partial charge in [0.2, 0.25) is 0 Å². The van der Waals surface area contributed by atoms with Gasteiger partial charge in [0, 0.05) is 10.9 Å². The van der Waals surface area contributed by atoms with Gasteiger partial charge in [0.25, 0.3) is 0 Å². The molecule has 2 atom stereocenters. The van der Waals surface area contributed by atoms with E-state index in [1.165, 1.54) is 11.3 Å². The van der Waals surface area contributed by atoms with Gasteiger partial charge in [-0.15, -0.1) is 11.3 Å². The summed E-state index contributed by atoms with van der Waals surface area (Å²) in [4.78, 5) is 11.4. The smallest absolute Gasteiger partial charge is 0.320 e. The van der Waals surface area contributed by atoms with Gasteiger partial charge in [-0.3, -0.25) is 4.79 Å². The summed E-state index contributed by atoms with van der Waals surface area (Å²) >= 11 is 1.51. The van der Waals surface area contributed by atoms with Crippen LogP contribution in [-0.2, 0) is 4.79 Å². The highest BCUT2D eigenvalue weighted by molar-refractivity contribution is 7.10. The minimum atomic E-state index is -1.01. The summed E-state index contributed by atoms with van der Waals surface area (Å²) in [5, 5.41) is 10.5. The quantitative estimate of drug-likeness (QED) is 0.662. The second-order valence-corrected chi connectivity index (χ2v) is 3.78. The number of aliphatic carboxylic acids is 1. The highest BCUT2D eigenvalue weighted by Crippen LogP contribution is 2.20. The van der Waals surface area contributed by atoms with Crippen molar-refractivity contribution in [1.82, 2.24) is 0 Å². The Bertz CT molecular complexity index is 274. The fraction of sp³-hybridized carbons (Fsp3) is 0.375. The van der Waals surface area contributed by atoms with Crippen molar-refractivity contribution in [3.63, 3.8) is 0 Å². The molecule has 0 saturated heterocycles. The SMILES string of the molecule is NC(CC(N)c1cccs1)C(=O)O. The molecule has 0 spiro atoms. The predicted molar refractivity (Wildman–Crippen MR) is 51.5 cm³/mol. The highest BCUT2D eigenvalue weighted by Gasteiger charge is 2.17. The average Bonchev–Trinajstić information content (AvgIpc) is 2.55. The van der Waals surface area contributed by atoms with Crippen LogP contribution in [0.2, 0.25) is 0 Å². The van der Waals surface area contributed by atoms with Gasteiger partial charge >= 0.3 is 5.97 Å². The molecule has 72 valence electrons. The lowest BCUT2D eigenvalue weighted by molar-refractivity contribution is -0.138. The Labute approximate surface area is 80.2 Å². The summed E-state index contributed by atoms with van der Waals surface area (Å²) in [6, 6.07) is 2.61. The van der Waals surface area contributed by atoms with Crippen LogP contribution in [0.1, 0.15) is 17.3 Å². The Hall–Kier alpha value is -0.910. The molecule has 1 rings (SSSR count). The van der Waals surface area contributed by atoms with Gasteiger partial charge in [-0.25, -0.2) is 0 Å². The van der Waals surface area contributed by atoms with Crippen molar-refractivity contribution in [2.45, 2.75) is 18.5 Å². The van der Waals surface area contributed by atoms with Crippen LogP contribution in [0.4, 0.5) is 0 Å². The summed E-state index contributed by atoms with van der Waals surface area (Å²) in [6.45, 7) is 0. The van der Waals surface area contributed by atoms with Gasteiger partial charge in [0.15, 0.2) is 0 Å². The normalized spacial score (nSPS) is 15.2. The Morgan fingerprint density at radius 1 is 1.62 bits per heavy atom. The Morgan fingerprint density at radius 2 is 2.31 bits per heavy atom. The van der Waals surface area contributed by atoms with E-state index >= 15 is 0 Å². The second kappa shape index (κ2) is 4.36. The lowest BCUT2D eigenvalue weighted by Gasteiger charge is -2.12. The number of rotatable bonds is 4.